The Balaban J connectivity index is 2.24. The van der Waals surface area contributed by atoms with Crippen LogP contribution in [0, 0.1) is 0 Å². The van der Waals surface area contributed by atoms with E-state index in [0.29, 0.717) is 0 Å². The van der Waals surface area contributed by atoms with Crippen molar-refractivity contribution < 1.29 is 0 Å². The summed E-state index contributed by atoms with van der Waals surface area (Å²) in [5.41, 5.74) is 1.05. The molecular formula is C8H14ClN3. The van der Waals surface area contributed by atoms with Gasteiger partial charge in [-0.15, -0.1) is 16.7 Å². The van der Waals surface area contributed by atoms with Gasteiger partial charge in [0, 0.05) is 18.6 Å². The van der Waals surface area contributed by atoms with E-state index in [2.05, 4.69) is 10.3 Å². The second kappa shape index (κ2) is 4.45. The van der Waals surface area contributed by atoms with Crippen molar-refractivity contribution in [3.05, 3.63) is 11.9 Å². The minimum absolute atomic E-state index is 0.265. The van der Waals surface area contributed by atoms with Gasteiger partial charge in [0.1, 0.15) is 0 Å². The molecule has 0 amide bonds. The van der Waals surface area contributed by atoms with Crippen molar-refractivity contribution >= 4 is 11.6 Å². The monoisotopic (exact) mass is 187 g/mol. The van der Waals surface area contributed by atoms with Crippen molar-refractivity contribution in [1.82, 2.24) is 15.0 Å². The molecule has 0 N–H and O–H groups in total. The molecule has 0 aromatic carbocycles. The van der Waals surface area contributed by atoms with E-state index < -0.39 is 0 Å². The van der Waals surface area contributed by atoms with Gasteiger partial charge in [0.05, 0.1) is 5.69 Å². The number of aromatic nitrogens is 3. The zero-order valence-corrected chi connectivity index (χ0v) is 8.25. The van der Waals surface area contributed by atoms with Gasteiger partial charge in [0.25, 0.3) is 0 Å². The molecule has 0 aliphatic heterocycles. The third-order valence-corrected chi connectivity index (χ3v) is 1.90. The van der Waals surface area contributed by atoms with Crippen molar-refractivity contribution in [3.8, 4) is 0 Å². The Hall–Kier alpha value is -0.570. The summed E-state index contributed by atoms with van der Waals surface area (Å²) < 4.78 is 1.72. The van der Waals surface area contributed by atoms with E-state index in [4.69, 9.17) is 11.6 Å². The lowest BCUT2D eigenvalue weighted by Crippen LogP contribution is -1.93. The van der Waals surface area contributed by atoms with E-state index in [1.54, 1.807) is 4.68 Å². The first-order chi connectivity index (χ1) is 5.68. The first kappa shape index (κ1) is 9.52. The second-order valence-electron chi connectivity index (χ2n) is 3.06. The normalized spacial score (nSPS) is 13.2. The predicted molar refractivity (Wildman–Crippen MR) is 49.3 cm³/mol. The van der Waals surface area contributed by atoms with E-state index in [9.17, 15) is 0 Å². The van der Waals surface area contributed by atoms with Crippen molar-refractivity contribution in [2.24, 2.45) is 7.05 Å². The molecule has 0 spiro atoms. The van der Waals surface area contributed by atoms with Gasteiger partial charge in [0.15, 0.2) is 0 Å². The van der Waals surface area contributed by atoms with Crippen LogP contribution in [0.1, 0.15) is 25.5 Å². The van der Waals surface area contributed by atoms with Gasteiger partial charge >= 0.3 is 0 Å². The molecule has 68 valence electrons. The number of hydrogen-bond acceptors (Lipinski definition) is 2. The molecule has 0 bridgehead atoms. The van der Waals surface area contributed by atoms with Crippen LogP contribution in [-0.2, 0) is 13.5 Å². The maximum absolute atomic E-state index is 5.81. The van der Waals surface area contributed by atoms with Crippen LogP contribution in [0.25, 0.3) is 0 Å². The summed E-state index contributed by atoms with van der Waals surface area (Å²) in [5.74, 6) is 0. The Bertz CT molecular complexity index is 232. The van der Waals surface area contributed by atoms with Gasteiger partial charge in [-0.25, -0.2) is 0 Å². The quantitative estimate of drug-likeness (QED) is 0.673. The van der Waals surface area contributed by atoms with Crippen molar-refractivity contribution in [2.75, 3.05) is 0 Å². The van der Waals surface area contributed by atoms with E-state index in [1.807, 2.05) is 20.2 Å². The van der Waals surface area contributed by atoms with Crippen LogP contribution in [0.5, 0.6) is 0 Å². The molecule has 3 nitrogen and oxygen atoms in total. The summed E-state index contributed by atoms with van der Waals surface area (Å²) in [6.07, 6.45) is 5.05. The number of hydrogen-bond donors (Lipinski definition) is 0. The number of aryl methyl sites for hydroxylation is 2. The predicted octanol–water partition coefficient (Wildman–Crippen LogP) is 1.77. The number of halogens is 1. The van der Waals surface area contributed by atoms with Gasteiger partial charge in [0.2, 0.25) is 0 Å². The standard InChI is InChI=1S/C8H14ClN3/c1-7(9)4-3-5-8-6-12(2)11-10-8/h6-7H,3-5H2,1-2H3. The van der Waals surface area contributed by atoms with Crippen molar-refractivity contribution in [1.29, 1.82) is 0 Å². The van der Waals surface area contributed by atoms with E-state index in [1.165, 1.54) is 0 Å². The fourth-order valence-electron chi connectivity index (χ4n) is 1.07. The minimum Gasteiger partial charge on any atom is -0.255 e. The molecule has 0 saturated heterocycles. The molecule has 0 aliphatic rings. The molecule has 0 radical (unpaired) electrons. The molecule has 1 aromatic rings. The van der Waals surface area contributed by atoms with Gasteiger partial charge < -0.3 is 0 Å². The van der Waals surface area contributed by atoms with E-state index in [0.717, 1.165) is 25.0 Å². The Labute approximate surface area is 77.7 Å². The zero-order valence-electron chi connectivity index (χ0n) is 7.50. The molecule has 0 aliphatic carbocycles. The first-order valence-corrected chi connectivity index (χ1v) is 4.61. The fourth-order valence-corrected chi connectivity index (χ4v) is 1.23. The molecule has 1 atom stereocenters. The largest absolute Gasteiger partial charge is 0.255 e. The number of nitrogens with zero attached hydrogens (tertiary/aromatic N) is 3. The second-order valence-corrected chi connectivity index (χ2v) is 3.80. The highest BCUT2D eigenvalue weighted by molar-refractivity contribution is 6.20. The SMILES string of the molecule is CC(Cl)CCCc1cn(C)nn1. The summed E-state index contributed by atoms with van der Waals surface area (Å²) in [4.78, 5) is 0. The van der Waals surface area contributed by atoms with Crippen LogP contribution in [0.15, 0.2) is 6.20 Å². The third-order valence-electron chi connectivity index (χ3n) is 1.68. The lowest BCUT2D eigenvalue weighted by molar-refractivity contribution is 0.700. The smallest absolute Gasteiger partial charge is 0.0827 e. The summed E-state index contributed by atoms with van der Waals surface area (Å²) in [5, 5.41) is 8.10. The van der Waals surface area contributed by atoms with E-state index >= 15 is 0 Å². The summed E-state index contributed by atoms with van der Waals surface area (Å²) in [6.45, 7) is 2.01. The topological polar surface area (TPSA) is 30.7 Å². The van der Waals surface area contributed by atoms with Crippen LogP contribution in [0.2, 0.25) is 0 Å². The van der Waals surface area contributed by atoms with Gasteiger partial charge in [-0.1, -0.05) is 5.21 Å². The molecule has 0 fully saturated rings. The van der Waals surface area contributed by atoms with E-state index in [-0.39, 0.29) is 5.38 Å². The molecule has 0 saturated carbocycles. The molecule has 1 rings (SSSR count). The average Bonchev–Trinajstić information content (AvgIpc) is 2.35. The van der Waals surface area contributed by atoms with Crippen molar-refractivity contribution in [2.45, 2.75) is 31.6 Å². The van der Waals surface area contributed by atoms with Gasteiger partial charge in [-0.2, -0.15) is 0 Å². The first-order valence-electron chi connectivity index (χ1n) is 4.18. The zero-order chi connectivity index (χ0) is 8.97. The highest BCUT2D eigenvalue weighted by atomic mass is 35.5. The fraction of sp³-hybridized carbons (Fsp3) is 0.750. The van der Waals surface area contributed by atoms with Crippen LogP contribution in [0.4, 0.5) is 0 Å². The van der Waals surface area contributed by atoms with Gasteiger partial charge in [-0.05, 0) is 26.2 Å². The highest BCUT2D eigenvalue weighted by Gasteiger charge is 2.00. The lowest BCUT2D eigenvalue weighted by atomic mass is 10.2. The molecule has 1 unspecified atom stereocenters. The molecule has 1 aromatic heterocycles. The molecule has 1 heterocycles. The van der Waals surface area contributed by atoms with Crippen LogP contribution >= 0.6 is 11.6 Å². The molecule has 4 heteroatoms. The molecular weight excluding hydrogens is 174 g/mol. The summed E-state index contributed by atoms with van der Waals surface area (Å²) in [7, 11) is 1.88. The number of alkyl halides is 1. The van der Waals surface area contributed by atoms with Crippen molar-refractivity contribution in [3.63, 3.8) is 0 Å². The van der Waals surface area contributed by atoms with Gasteiger partial charge in [-0.3, -0.25) is 4.68 Å². The Morgan fingerprint density at radius 3 is 2.92 bits per heavy atom. The lowest BCUT2D eigenvalue weighted by Gasteiger charge is -1.99. The van der Waals surface area contributed by atoms with Crippen LogP contribution in [-0.4, -0.2) is 20.4 Å². The average molecular weight is 188 g/mol. The van der Waals surface area contributed by atoms with Crippen LogP contribution in [0.3, 0.4) is 0 Å². The Kier molecular flexibility index (Phi) is 3.53. The number of rotatable bonds is 4. The van der Waals surface area contributed by atoms with Crippen LogP contribution < -0.4 is 0 Å². The maximum Gasteiger partial charge on any atom is 0.0827 e. The summed E-state index contributed by atoms with van der Waals surface area (Å²) >= 11 is 5.81. The Morgan fingerprint density at radius 2 is 2.42 bits per heavy atom. The maximum atomic E-state index is 5.81. The molecule has 12 heavy (non-hydrogen) atoms. The minimum atomic E-state index is 0.265. The Morgan fingerprint density at radius 1 is 1.67 bits per heavy atom. The third kappa shape index (κ3) is 3.22. The summed E-state index contributed by atoms with van der Waals surface area (Å²) in [6, 6.07) is 0. The highest BCUT2D eigenvalue weighted by Crippen LogP contribution is 2.07.